The van der Waals surface area contributed by atoms with Gasteiger partial charge in [0.25, 0.3) is 0 Å². The fraction of sp³-hybridized carbons (Fsp3) is 0.556. The van der Waals surface area contributed by atoms with Gasteiger partial charge >= 0.3 is 0 Å². The van der Waals surface area contributed by atoms with E-state index >= 15 is 0 Å². The molecule has 0 saturated heterocycles. The van der Waals surface area contributed by atoms with Gasteiger partial charge in [-0.3, -0.25) is 0 Å². The first-order valence-electron chi connectivity index (χ1n) is 7.53. The first-order chi connectivity index (χ1) is 8.99. The fourth-order valence-corrected chi connectivity index (χ4v) is 2.29. The van der Waals surface area contributed by atoms with E-state index in [1.807, 2.05) is 0 Å². The summed E-state index contributed by atoms with van der Waals surface area (Å²) in [6, 6.07) is 8.89. The molecule has 19 heavy (non-hydrogen) atoms. The summed E-state index contributed by atoms with van der Waals surface area (Å²) in [5.41, 5.74) is 4.65. The van der Waals surface area contributed by atoms with E-state index in [1.165, 1.54) is 24.0 Å². The average Bonchev–Trinajstić information content (AvgIpc) is 3.18. The molecule has 2 rings (SSSR count). The topological polar surface area (TPSA) is 12.0 Å². The summed E-state index contributed by atoms with van der Waals surface area (Å²) in [4.78, 5) is 0. The maximum atomic E-state index is 3.59. The van der Waals surface area contributed by atoms with Crippen LogP contribution in [0, 0.1) is 0 Å². The van der Waals surface area contributed by atoms with Gasteiger partial charge in [-0.05, 0) is 57.1 Å². The maximum absolute atomic E-state index is 3.59. The summed E-state index contributed by atoms with van der Waals surface area (Å²) < 4.78 is 0. The van der Waals surface area contributed by atoms with Gasteiger partial charge in [0.05, 0.1) is 0 Å². The number of nitrogens with one attached hydrogen (secondary N) is 1. The fourth-order valence-electron chi connectivity index (χ4n) is 2.29. The Bertz CT molecular complexity index is 447. The lowest BCUT2D eigenvalue weighted by Crippen LogP contribution is -2.36. The van der Waals surface area contributed by atoms with Crippen molar-refractivity contribution in [1.82, 2.24) is 5.32 Å². The van der Waals surface area contributed by atoms with Crippen LogP contribution in [0.2, 0.25) is 0 Å². The third-order valence-electron chi connectivity index (χ3n) is 3.67. The molecule has 0 aliphatic heterocycles. The molecule has 1 aromatic rings. The third-order valence-corrected chi connectivity index (χ3v) is 3.67. The van der Waals surface area contributed by atoms with Crippen LogP contribution in [0.25, 0.3) is 6.08 Å². The van der Waals surface area contributed by atoms with E-state index < -0.39 is 0 Å². The Hall–Kier alpha value is -1.08. The molecule has 104 valence electrons. The lowest BCUT2D eigenvalue weighted by molar-refractivity contribution is 0.443. The van der Waals surface area contributed by atoms with Crippen LogP contribution < -0.4 is 5.32 Å². The summed E-state index contributed by atoms with van der Waals surface area (Å²) in [5, 5.41) is 3.59. The summed E-state index contributed by atoms with van der Waals surface area (Å²) in [6.45, 7) is 9.89. The summed E-state index contributed by atoms with van der Waals surface area (Å²) in [5.74, 6) is 0.820. The highest BCUT2D eigenvalue weighted by atomic mass is 14.9. The van der Waals surface area contributed by atoms with Crippen molar-refractivity contribution in [3.05, 3.63) is 41.0 Å². The van der Waals surface area contributed by atoms with Crippen LogP contribution in [0.5, 0.6) is 0 Å². The number of hydrogen-bond acceptors (Lipinski definition) is 1. The van der Waals surface area contributed by atoms with Crippen LogP contribution in [-0.2, 0) is 0 Å². The van der Waals surface area contributed by atoms with Gasteiger partial charge in [0.1, 0.15) is 0 Å². The molecule has 0 aromatic heterocycles. The molecule has 1 fully saturated rings. The first-order valence-corrected chi connectivity index (χ1v) is 7.53. The molecule has 1 aromatic carbocycles. The smallest absolute Gasteiger partial charge is 0.0172 e. The number of hydrogen-bond donors (Lipinski definition) is 1. The highest BCUT2D eigenvalue weighted by Crippen LogP contribution is 2.42. The SMILES string of the molecule is CCC(=Cc1ccccc1C1CC1)CNC(C)(C)C. The molecular weight excluding hydrogens is 230 g/mol. The van der Waals surface area contributed by atoms with Gasteiger partial charge in [-0.1, -0.05) is 42.8 Å². The third kappa shape index (κ3) is 4.50. The summed E-state index contributed by atoms with van der Waals surface area (Å²) in [7, 11) is 0. The normalized spacial score (nSPS) is 16.7. The van der Waals surface area contributed by atoms with Crippen LogP contribution in [0.4, 0.5) is 0 Å². The molecule has 1 N–H and O–H groups in total. The predicted molar refractivity (Wildman–Crippen MR) is 84.4 cm³/mol. The van der Waals surface area contributed by atoms with Crippen molar-refractivity contribution in [2.75, 3.05) is 6.54 Å². The highest BCUT2D eigenvalue weighted by Gasteiger charge is 2.25. The van der Waals surface area contributed by atoms with E-state index in [1.54, 1.807) is 5.56 Å². The maximum Gasteiger partial charge on any atom is 0.0172 e. The van der Waals surface area contributed by atoms with Crippen LogP contribution in [0.15, 0.2) is 29.8 Å². The standard InChI is InChI=1S/C18H27N/c1-5-14(13-19-18(2,3)4)12-16-8-6-7-9-17(16)15-10-11-15/h6-9,12,15,19H,5,10-11,13H2,1-4H3. The lowest BCUT2D eigenvalue weighted by Gasteiger charge is -2.21. The van der Waals surface area contributed by atoms with Crippen LogP contribution in [-0.4, -0.2) is 12.1 Å². The van der Waals surface area contributed by atoms with Gasteiger partial charge in [0.2, 0.25) is 0 Å². The van der Waals surface area contributed by atoms with Crippen LogP contribution >= 0.6 is 0 Å². The molecule has 0 radical (unpaired) electrons. The van der Waals surface area contributed by atoms with E-state index in [2.05, 4.69) is 63.4 Å². The van der Waals surface area contributed by atoms with Gasteiger partial charge in [-0.15, -0.1) is 0 Å². The first kappa shape index (κ1) is 14.3. The molecule has 0 atom stereocenters. The van der Waals surface area contributed by atoms with Crippen LogP contribution in [0.3, 0.4) is 0 Å². The van der Waals surface area contributed by atoms with Gasteiger partial charge in [0.15, 0.2) is 0 Å². The minimum atomic E-state index is 0.185. The molecule has 0 amide bonds. The predicted octanol–water partition coefficient (Wildman–Crippen LogP) is 4.75. The van der Waals surface area contributed by atoms with Crippen molar-refractivity contribution in [2.24, 2.45) is 0 Å². The zero-order valence-corrected chi connectivity index (χ0v) is 12.8. The zero-order valence-electron chi connectivity index (χ0n) is 12.8. The molecule has 1 aliphatic carbocycles. The van der Waals surface area contributed by atoms with Crippen molar-refractivity contribution in [3.8, 4) is 0 Å². The second kappa shape index (κ2) is 5.92. The minimum absolute atomic E-state index is 0.185. The van der Waals surface area contributed by atoms with E-state index in [-0.39, 0.29) is 5.54 Å². The monoisotopic (exact) mass is 257 g/mol. The van der Waals surface area contributed by atoms with E-state index in [4.69, 9.17) is 0 Å². The lowest BCUT2D eigenvalue weighted by atomic mass is 9.99. The van der Waals surface area contributed by atoms with E-state index in [9.17, 15) is 0 Å². The number of benzene rings is 1. The van der Waals surface area contributed by atoms with Gasteiger partial charge in [-0.25, -0.2) is 0 Å². The molecule has 1 heteroatoms. The Labute approximate surface area is 118 Å². The Balaban J connectivity index is 2.13. The largest absolute Gasteiger partial charge is 0.308 e. The molecule has 0 unspecified atom stereocenters. The van der Waals surface area contributed by atoms with Gasteiger partial charge in [0, 0.05) is 12.1 Å². The Kier molecular flexibility index (Phi) is 4.46. The minimum Gasteiger partial charge on any atom is -0.308 e. The van der Waals surface area contributed by atoms with Crippen molar-refractivity contribution in [1.29, 1.82) is 0 Å². The molecule has 0 bridgehead atoms. The molecule has 1 nitrogen and oxygen atoms in total. The molecule has 1 saturated carbocycles. The van der Waals surface area contributed by atoms with Crippen molar-refractivity contribution >= 4 is 6.08 Å². The highest BCUT2D eigenvalue weighted by molar-refractivity contribution is 5.58. The Morgan fingerprint density at radius 1 is 1.26 bits per heavy atom. The Morgan fingerprint density at radius 3 is 2.53 bits per heavy atom. The molecule has 0 spiro atoms. The van der Waals surface area contributed by atoms with Crippen LogP contribution in [0.1, 0.15) is 64.0 Å². The number of rotatable bonds is 5. The average molecular weight is 257 g/mol. The second-order valence-electron chi connectivity index (χ2n) is 6.66. The summed E-state index contributed by atoms with van der Waals surface area (Å²) >= 11 is 0. The van der Waals surface area contributed by atoms with Crippen molar-refractivity contribution in [2.45, 2.75) is 58.4 Å². The second-order valence-corrected chi connectivity index (χ2v) is 6.66. The van der Waals surface area contributed by atoms with Crippen molar-refractivity contribution in [3.63, 3.8) is 0 Å². The molecule has 1 aliphatic rings. The molecular formula is C18H27N. The van der Waals surface area contributed by atoms with Crippen molar-refractivity contribution < 1.29 is 0 Å². The van der Waals surface area contributed by atoms with E-state index in [0.717, 1.165) is 18.9 Å². The zero-order chi connectivity index (χ0) is 13.9. The summed E-state index contributed by atoms with van der Waals surface area (Å²) in [6.07, 6.45) is 6.24. The van der Waals surface area contributed by atoms with Gasteiger partial charge < -0.3 is 5.32 Å². The quantitative estimate of drug-likeness (QED) is 0.803. The van der Waals surface area contributed by atoms with Gasteiger partial charge in [-0.2, -0.15) is 0 Å². The molecule has 0 heterocycles. The van der Waals surface area contributed by atoms with E-state index in [0.29, 0.717) is 0 Å². The Morgan fingerprint density at radius 2 is 1.95 bits per heavy atom.